The summed E-state index contributed by atoms with van der Waals surface area (Å²) in [5.41, 5.74) is 2.46. The summed E-state index contributed by atoms with van der Waals surface area (Å²) in [7, 11) is 0. The highest BCUT2D eigenvalue weighted by Crippen LogP contribution is 2.30. The zero-order valence-electron chi connectivity index (χ0n) is 10.4. The second kappa shape index (κ2) is 4.92. The smallest absolute Gasteiger partial charge is 0.409 e. The van der Waals surface area contributed by atoms with Gasteiger partial charge in [0.15, 0.2) is 0 Å². The van der Waals surface area contributed by atoms with Crippen molar-refractivity contribution in [2.45, 2.75) is 32.6 Å². The minimum Gasteiger partial charge on any atom is -0.465 e. The Morgan fingerprint density at radius 2 is 2.12 bits per heavy atom. The molecule has 0 fully saturated rings. The van der Waals surface area contributed by atoms with Crippen molar-refractivity contribution in [1.29, 1.82) is 0 Å². The van der Waals surface area contributed by atoms with E-state index >= 15 is 0 Å². The van der Waals surface area contributed by atoms with Crippen LogP contribution in [0.4, 0.5) is 10.5 Å². The predicted octanol–water partition coefficient (Wildman–Crippen LogP) is 3.25. The first-order chi connectivity index (χ1) is 7.86. The molecule has 0 heterocycles. The van der Waals surface area contributed by atoms with Gasteiger partial charge in [-0.2, -0.15) is 0 Å². The van der Waals surface area contributed by atoms with E-state index in [1.165, 1.54) is 0 Å². The van der Waals surface area contributed by atoms with Crippen molar-refractivity contribution in [3.05, 3.63) is 29.3 Å². The van der Waals surface area contributed by atoms with Gasteiger partial charge in [0, 0.05) is 12.1 Å². The highest BCUT2D eigenvalue weighted by Gasteiger charge is 2.19. The summed E-state index contributed by atoms with van der Waals surface area (Å²) in [6.07, 6.45) is 4.69. The highest BCUT2D eigenvalue weighted by molar-refractivity contribution is 5.84. The molecule has 0 aliphatic rings. The lowest BCUT2D eigenvalue weighted by Crippen LogP contribution is -2.17. The summed E-state index contributed by atoms with van der Waals surface area (Å²) in [5, 5.41) is 11.2. The van der Waals surface area contributed by atoms with Gasteiger partial charge in [-0.15, -0.1) is 12.3 Å². The first-order valence-corrected chi connectivity index (χ1v) is 5.42. The van der Waals surface area contributed by atoms with Gasteiger partial charge in [0.2, 0.25) is 0 Å². The van der Waals surface area contributed by atoms with Crippen molar-refractivity contribution >= 4 is 11.8 Å². The van der Waals surface area contributed by atoms with Crippen LogP contribution in [-0.2, 0) is 11.8 Å². The monoisotopic (exact) mass is 231 g/mol. The number of hydrogen-bond acceptors (Lipinski definition) is 1. The molecule has 0 saturated carbocycles. The largest absolute Gasteiger partial charge is 0.465 e. The Morgan fingerprint density at radius 1 is 1.47 bits per heavy atom. The molecule has 0 radical (unpaired) electrons. The van der Waals surface area contributed by atoms with Crippen LogP contribution in [0.15, 0.2) is 18.2 Å². The molecule has 3 nitrogen and oxygen atoms in total. The van der Waals surface area contributed by atoms with Gasteiger partial charge < -0.3 is 5.11 Å². The molecule has 2 N–H and O–H groups in total. The molecule has 0 aromatic heterocycles. The van der Waals surface area contributed by atoms with Crippen molar-refractivity contribution in [1.82, 2.24) is 0 Å². The van der Waals surface area contributed by atoms with E-state index in [0.29, 0.717) is 12.1 Å². The summed E-state index contributed by atoms with van der Waals surface area (Å²) >= 11 is 0. The maximum absolute atomic E-state index is 10.7. The molecule has 0 aliphatic heterocycles. The molecule has 90 valence electrons. The SMILES string of the molecule is C#CCc1c(NC(=O)O)cccc1C(C)(C)C. The van der Waals surface area contributed by atoms with Crippen LogP contribution >= 0.6 is 0 Å². The van der Waals surface area contributed by atoms with E-state index in [9.17, 15) is 4.79 Å². The molecule has 0 atom stereocenters. The Kier molecular flexibility index (Phi) is 3.80. The van der Waals surface area contributed by atoms with E-state index in [1.807, 2.05) is 12.1 Å². The average molecular weight is 231 g/mol. The van der Waals surface area contributed by atoms with Gasteiger partial charge in [-0.3, -0.25) is 5.32 Å². The maximum atomic E-state index is 10.7. The van der Waals surface area contributed by atoms with Crippen LogP contribution in [0.25, 0.3) is 0 Å². The fraction of sp³-hybridized carbons (Fsp3) is 0.357. The Morgan fingerprint density at radius 3 is 2.59 bits per heavy atom. The fourth-order valence-electron chi connectivity index (χ4n) is 1.81. The summed E-state index contributed by atoms with van der Waals surface area (Å²) in [6, 6.07) is 5.56. The number of benzene rings is 1. The van der Waals surface area contributed by atoms with Crippen LogP contribution in [0, 0.1) is 12.3 Å². The molecule has 3 heteroatoms. The van der Waals surface area contributed by atoms with Crippen LogP contribution in [0.1, 0.15) is 31.9 Å². The van der Waals surface area contributed by atoms with Gasteiger partial charge in [0.25, 0.3) is 0 Å². The maximum Gasteiger partial charge on any atom is 0.409 e. The topological polar surface area (TPSA) is 49.3 Å². The number of terminal acetylenes is 1. The standard InChI is InChI=1S/C14H17NO2/c1-5-7-10-11(14(2,3)4)8-6-9-12(10)15-13(16)17/h1,6,8-9,15H,7H2,2-4H3,(H,16,17). The Bertz CT molecular complexity index is 464. The lowest BCUT2D eigenvalue weighted by molar-refractivity contribution is 0.209. The minimum atomic E-state index is -1.07. The van der Waals surface area contributed by atoms with Crippen molar-refractivity contribution in [2.24, 2.45) is 0 Å². The Balaban J connectivity index is 3.32. The Hall–Kier alpha value is -1.95. The summed E-state index contributed by atoms with van der Waals surface area (Å²) in [5.74, 6) is 2.58. The number of nitrogens with one attached hydrogen (secondary N) is 1. The lowest BCUT2D eigenvalue weighted by atomic mass is 9.82. The number of carboxylic acid groups (broad SMARTS) is 1. The third-order valence-electron chi connectivity index (χ3n) is 2.50. The van der Waals surface area contributed by atoms with Crippen LogP contribution in [0.3, 0.4) is 0 Å². The predicted molar refractivity (Wildman–Crippen MR) is 69.3 cm³/mol. The van der Waals surface area contributed by atoms with E-state index in [-0.39, 0.29) is 5.41 Å². The second-order valence-electron chi connectivity index (χ2n) is 4.89. The number of rotatable bonds is 2. The van der Waals surface area contributed by atoms with Gasteiger partial charge in [0.1, 0.15) is 0 Å². The highest BCUT2D eigenvalue weighted by atomic mass is 16.4. The zero-order chi connectivity index (χ0) is 13.1. The molecule has 1 rings (SSSR count). The molecule has 17 heavy (non-hydrogen) atoms. The average Bonchev–Trinajstić information content (AvgIpc) is 2.18. The van der Waals surface area contributed by atoms with Crippen molar-refractivity contribution in [3.63, 3.8) is 0 Å². The molecule has 1 aromatic rings. The minimum absolute atomic E-state index is 0.0671. The van der Waals surface area contributed by atoms with Gasteiger partial charge in [0.05, 0.1) is 0 Å². The van der Waals surface area contributed by atoms with Crippen LogP contribution in [-0.4, -0.2) is 11.2 Å². The fourth-order valence-corrected chi connectivity index (χ4v) is 1.81. The van der Waals surface area contributed by atoms with Crippen LogP contribution in [0.5, 0.6) is 0 Å². The molecule has 0 aliphatic carbocycles. The van der Waals surface area contributed by atoms with E-state index in [2.05, 4.69) is 32.0 Å². The summed E-state index contributed by atoms with van der Waals surface area (Å²) < 4.78 is 0. The first-order valence-electron chi connectivity index (χ1n) is 5.42. The van der Waals surface area contributed by atoms with Gasteiger partial charge >= 0.3 is 6.09 Å². The van der Waals surface area contributed by atoms with Gasteiger partial charge in [-0.05, 0) is 22.6 Å². The summed E-state index contributed by atoms with van der Waals surface area (Å²) in [6.45, 7) is 6.23. The third-order valence-corrected chi connectivity index (χ3v) is 2.50. The summed E-state index contributed by atoms with van der Waals surface area (Å²) in [4.78, 5) is 10.7. The zero-order valence-corrected chi connectivity index (χ0v) is 10.4. The Labute approximate surface area is 102 Å². The van der Waals surface area contributed by atoms with Gasteiger partial charge in [-0.25, -0.2) is 4.79 Å². The number of hydrogen-bond donors (Lipinski definition) is 2. The molecule has 0 spiro atoms. The number of anilines is 1. The molecule has 0 bridgehead atoms. The van der Waals surface area contributed by atoms with Crippen molar-refractivity contribution in [3.8, 4) is 12.3 Å². The molecule has 0 saturated heterocycles. The van der Waals surface area contributed by atoms with Crippen molar-refractivity contribution < 1.29 is 9.90 Å². The number of carbonyl (C=O) groups is 1. The van der Waals surface area contributed by atoms with E-state index < -0.39 is 6.09 Å². The molecule has 1 amide bonds. The third kappa shape index (κ3) is 3.25. The normalized spacial score (nSPS) is 10.7. The van der Waals surface area contributed by atoms with Gasteiger partial charge in [-0.1, -0.05) is 32.9 Å². The quantitative estimate of drug-likeness (QED) is 0.767. The second-order valence-corrected chi connectivity index (χ2v) is 4.89. The van der Waals surface area contributed by atoms with E-state index in [0.717, 1.165) is 11.1 Å². The molecule has 0 unspecified atom stereocenters. The molecule has 1 aromatic carbocycles. The van der Waals surface area contributed by atoms with E-state index in [1.54, 1.807) is 6.07 Å². The van der Waals surface area contributed by atoms with E-state index in [4.69, 9.17) is 11.5 Å². The van der Waals surface area contributed by atoms with Crippen LogP contribution < -0.4 is 5.32 Å². The lowest BCUT2D eigenvalue weighted by Gasteiger charge is -2.24. The molecular formula is C14H17NO2. The number of amides is 1. The first kappa shape index (κ1) is 13.1. The van der Waals surface area contributed by atoms with Crippen molar-refractivity contribution in [2.75, 3.05) is 5.32 Å². The van der Waals surface area contributed by atoms with Crippen LogP contribution in [0.2, 0.25) is 0 Å². The molecular weight excluding hydrogens is 214 g/mol.